The molecule has 3 rings (SSSR count). The van der Waals surface area contributed by atoms with Gasteiger partial charge < -0.3 is 59.1 Å². The molecule has 2 aliphatic heterocycles. The predicted molar refractivity (Wildman–Crippen MR) is 105 cm³/mol. The summed E-state index contributed by atoms with van der Waals surface area (Å²) >= 11 is 0. The fourth-order valence-corrected chi connectivity index (χ4v) is 3.59. The Labute approximate surface area is 184 Å². The molecule has 32 heavy (non-hydrogen) atoms. The van der Waals surface area contributed by atoms with Gasteiger partial charge in [0.25, 0.3) is 0 Å². The van der Waals surface area contributed by atoms with Crippen LogP contribution in [0.25, 0.3) is 0 Å². The summed E-state index contributed by atoms with van der Waals surface area (Å²) in [6.07, 6.45) is -12.6. The van der Waals surface area contributed by atoms with Crippen molar-refractivity contribution < 1.29 is 59.1 Å². The van der Waals surface area contributed by atoms with Gasteiger partial charge in [0.1, 0.15) is 42.7 Å². The summed E-state index contributed by atoms with van der Waals surface area (Å²) in [5.41, 5.74) is 0.830. The van der Waals surface area contributed by atoms with Crippen LogP contribution in [0.5, 0.6) is 17.2 Å². The Bertz CT molecular complexity index is 735. The molecule has 0 bridgehead atoms. The average Bonchev–Trinajstić information content (AvgIpc) is 3.06. The Morgan fingerprint density at radius 1 is 0.781 bits per heavy atom. The zero-order chi connectivity index (χ0) is 23.6. The minimum atomic E-state index is -1.64. The molecule has 9 atom stereocenters. The van der Waals surface area contributed by atoms with E-state index in [0.29, 0.717) is 11.5 Å². The van der Waals surface area contributed by atoms with Gasteiger partial charge in [-0.25, -0.2) is 0 Å². The fraction of sp³-hybridized carbons (Fsp3) is 0.700. The van der Waals surface area contributed by atoms with Crippen molar-refractivity contribution >= 4 is 0 Å². The van der Waals surface area contributed by atoms with Gasteiger partial charge in [-0.15, -0.1) is 0 Å². The Morgan fingerprint density at radius 2 is 1.31 bits per heavy atom. The maximum Gasteiger partial charge on any atom is 0.229 e. The molecule has 1 aromatic rings. The highest BCUT2D eigenvalue weighted by Crippen LogP contribution is 2.40. The van der Waals surface area contributed by atoms with Gasteiger partial charge in [-0.2, -0.15) is 0 Å². The van der Waals surface area contributed by atoms with Crippen molar-refractivity contribution in [1.29, 1.82) is 0 Å². The van der Waals surface area contributed by atoms with Gasteiger partial charge in [-0.05, 0) is 24.6 Å². The Hall–Kier alpha value is -1.74. The first-order valence-corrected chi connectivity index (χ1v) is 10.0. The van der Waals surface area contributed by atoms with E-state index in [0.717, 1.165) is 5.56 Å². The van der Waals surface area contributed by atoms with Gasteiger partial charge in [0.2, 0.25) is 12.0 Å². The van der Waals surface area contributed by atoms with Crippen LogP contribution in [0.15, 0.2) is 12.1 Å². The lowest BCUT2D eigenvalue weighted by Gasteiger charge is -2.40. The van der Waals surface area contributed by atoms with Crippen LogP contribution in [0.1, 0.15) is 5.56 Å². The van der Waals surface area contributed by atoms with Gasteiger partial charge in [-0.3, -0.25) is 0 Å². The molecule has 12 heteroatoms. The molecule has 0 aliphatic carbocycles. The third kappa shape index (κ3) is 4.93. The number of hydrogen-bond acceptors (Lipinski definition) is 12. The number of benzene rings is 1. The summed E-state index contributed by atoms with van der Waals surface area (Å²) in [5.74, 6) is 0.728. The van der Waals surface area contributed by atoms with Crippen molar-refractivity contribution in [3.05, 3.63) is 17.7 Å². The monoisotopic (exact) mass is 462 g/mol. The van der Waals surface area contributed by atoms with E-state index in [2.05, 4.69) is 0 Å². The van der Waals surface area contributed by atoms with Gasteiger partial charge in [-0.1, -0.05) is 0 Å². The zero-order valence-electron chi connectivity index (χ0n) is 17.9. The predicted octanol–water partition coefficient (Wildman–Crippen LogP) is -2.35. The molecule has 2 heterocycles. The minimum Gasteiger partial charge on any atom is -0.493 e. The van der Waals surface area contributed by atoms with Crippen molar-refractivity contribution in [3.63, 3.8) is 0 Å². The molecule has 2 saturated heterocycles. The summed E-state index contributed by atoms with van der Waals surface area (Å²) in [7, 11) is 2.85. The second-order valence-corrected chi connectivity index (χ2v) is 7.67. The summed E-state index contributed by atoms with van der Waals surface area (Å²) < 4.78 is 32.6. The smallest absolute Gasteiger partial charge is 0.229 e. The van der Waals surface area contributed by atoms with Crippen molar-refractivity contribution in [2.24, 2.45) is 0 Å². The van der Waals surface area contributed by atoms with E-state index in [4.69, 9.17) is 33.5 Å². The summed E-state index contributed by atoms with van der Waals surface area (Å²) in [6, 6.07) is 3.36. The van der Waals surface area contributed by atoms with Gasteiger partial charge in [0, 0.05) is 0 Å². The number of aliphatic hydroxyl groups excluding tert-OH is 6. The van der Waals surface area contributed by atoms with Gasteiger partial charge in [0.15, 0.2) is 17.8 Å². The minimum absolute atomic E-state index is 0.122. The Kier molecular flexibility index (Phi) is 8.14. The van der Waals surface area contributed by atoms with Crippen LogP contribution in [-0.4, -0.2) is 113 Å². The Morgan fingerprint density at radius 3 is 1.84 bits per heavy atom. The maximum absolute atomic E-state index is 10.4. The third-order valence-corrected chi connectivity index (χ3v) is 5.43. The van der Waals surface area contributed by atoms with Crippen LogP contribution in [0, 0.1) is 6.92 Å². The van der Waals surface area contributed by atoms with E-state index in [1.54, 1.807) is 12.1 Å². The largest absolute Gasteiger partial charge is 0.493 e. The van der Waals surface area contributed by atoms with Crippen LogP contribution < -0.4 is 14.2 Å². The SMILES string of the molecule is COc1cc(C)cc(OC)c1OC1OC(COC2OC(CO)C(O)C2O)C(O)C(O)C1O. The first-order valence-electron chi connectivity index (χ1n) is 10.0. The summed E-state index contributed by atoms with van der Waals surface area (Å²) in [5, 5.41) is 59.9. The summed E-state index contributed by atoms with van der Waals surface area (Å²) in [6.45, 7) is 0.910. The number of aryl methyl sites for hydroxylation is 1. The average molecular weight is 462 g/mol. The molecule has 1 aromatic carbocycles. The van der Waals surface area contributed by atoms with Crippen LogP contribution in [0.4, 0.5) is 0 Å². The highest BCUT2D eigenvalue weighted by atomic mass is 16.7. The quantitative estimate of drug-likeness (QED) is 0.243. The van der Waals surface area contributed by atoms with E-state index in [9.17, 15) is 25.5 Å². The molecule has 2 fully saturated rings. The molecule has 0 radical (unpaired) electrons. The van der Waals surface area contributed by atoms with Crippen molar-refractivity contribution in [3.8, 4) is 17.2 Å². The maximum atomic E-state index is 10.4. The number of aliphatic hydroxyl groups is 6. The van der Waals surface area contributed by atoms with Crippen molar-refractivity contribution in [2.45, 2.75) is 62.2 Å². The third-order valence-electron chi connectivity index (χ3n) is 5.43. The first-order chi connectivity index (χ1) is 15.2. The molecule has 6 N–H and O–H groups in total. The normalized spacial score (nSPS) is 37.3. The second-order valence-electron chi connectivity index (χ2n) is 7.67. The van der Waals surface area contributed by atoms with Crippen molar-refractivity contribution in [2.75, 3.05) is 27.4 Å². The topological polar surface area (TPSA) is 177 Å². The first kappa shape index (κ1) is 24.9. The molecular weight excluding hydrogens is 432 g/mol. The lowest BCUT2D eigenvalue weighted by atomic mass is 9.99. The van der Waals surface area contributed by atoms with Crippen LogP contribution in [0.3, 0.4) is 0 Å². The van der Waals surface area contributed by atoms with Crippen LogP contribution in [-0.2, 0) is 14.2 Å². The number of rotatable bonds is 8. The van der Waals surface area contributed by atoms with E-state index in [1.807, 2.05) is 6.92 Å². The standard InChI is InChI=1S/C20H30O12/c1-8-4-9(27-2)18(10(5-8)28-3)32-20-17(26)15(24)14(23)12(31-20)7-29-19-16(25)13(22)11(6-21)30-19/h4-5,11-17,19-26H,6-7H2,1-3H3. The van der Waals surface area contributed by atoms with E-state index >= 15 is 0 Å². The van der Waals surface area contributed by atoms with E-state index in [1.165, 1.54) is 14.2 Å². The van der Waals surface area contributed by atoms with Crippen LogP contribution in [0.2, 0.25) is 0 Å². The Balaban J connectivity index is 1.72. The molecular formula is C20H30O12. The molecule has 2 aliphatic rings. The molecule has 9 unspecified atom stereocenters. The molecule has 0 amide bonds. The lowest BCUT2D eigenvalue weighted by molar-refractivity contribution is -0.290. The van der Waals surface area contributed by atoms with Crippen molar-refractivity contribution in [1.82, 2.24) is 0 Å². The highest BCUT2D eigenvalue weighted by molar-refractivity contribution is 5.53. The van der Waals surface area contributed by atoms with Gasteiger partial charge >= 0.3 is 0 Å². The number of methoxy groups -OCH3 is 2. The molecule has 0 saturated carbocycles. The molecule has 0 aromatic heterocycles. The second kappa shape index (κ2) is 10.5. The van der Waals surface area contributed by atoms with Gasteiger partial charge in [0.05, 0.1) is 27.4 Å². The zero-order valence-corrected chi connectivity index (χ0v) is 17.9. The van der Waals surface area contributed by atoms with Crippen LogP contribution >= 0.6 is 0 Å². The lowest BCUT2D eigenvalue weighted by Crippen LogP contribution is -2.60. The highest BCUT2D eigenvalue weighted by Gasteiger charge is 2.48. The van der Waals surface area contributed by atoms with E-state index in [-0.39, 0.29) is 12.4 Å². The molecule has 12 nitrogen and oxygen atoms in total. The van der Waals surface area contributed by atoms with E-state index < -0.39 is 61.9 Å². The fourth-order valence-electron chi connectivity index (χ4n) is 3.59. The number of ether oxygens (including phenoxy) is 6. The summed E-state index contributed by atoms with van der Waals surface area (Å²) in [4.78, 5) is 0. The molecule has 0 spiro atoms. The molecule has 182 valence electrons. The number of hydrogen-bond donors (Lipinski definition) is 6.